The summed E-state index contributed by atoms with van der Waals surface area (Å²) < 4.78 is 7.61. The first kappa shape index (κ1) is 14.2. The molecule has 2 atom stereocenters. The Labute approximate surface area is 127 Å². The molecule has 1 saturated heterocycles. The molecule has 3 heterocycles. The van der Waals surface area contributed by atoms with Crippen molar-refractivity contribution in [1.29, 1.82) is 0 Å². The molecule has 21 heavy (non-hydrogen) atoms. The molecule has 0 aromatic carbocycles. The first-order chi connectivity index (χ1) is 10.1. The average molecular weight is 306 g/mol. The van der Waals surface area contributed by atoms with Gasteiger partial charge in [-0.15, -0.1) is 11.3 Å². The molecule has 112 valence electrons. The van der Waals surface area contributed by atoms with Crippen LogP contribution in [-0.2, 0) is 11.8 Å². The molecule has 1 amide bonds. The van der Waals surface area contributed by atoms with E-state index in [0.717, 1.165) is 24.1 Å². The average Bonchev–Trinajstić information content (AvgIpc) is 3.08. The van der Waals surface area contributed by atoms with Crippen molar-refractivity contribution in [2.75, 3.05) is 6.61 Å². The lowest BCUT2D eigenvalue weighted by molar-refractivity contribution is -0.00946. The summed E-state index contributed by atoms with van der Waals surface area (Å²) in [4.78, 5) is 17.2. The number of ether oxygens (including phenoxy) is 1. The monoisotopic (exact) mass is 306 g/mol. The number of aryl methyl sites for hydroxylation is 2. The van der Waals surface area contributed by atoms with Crippen LogP contribution >= 0.6 is 11.3 Å². The fourth-order valence-electron chi connectivity index (χ4n) is 2.60. The van der Waals surface area contributed by atoms with Gasteiger partial charge in [0.25, 0.3) is 5.91 Å². The van der Waals surface area contributed by atoms with Gasteiger partial charge in [-0.3, -0.25) is 9.48 Å². The molecule has 0 spiro atoms. The van der Waals surface area contributed by atoms with Crippen LogP contribution < -0.4 is 5.32 Å². The zero-order valence-corrected chi connectivity index (χ0v) is 12.9. The van der Waals surface area contributed by atoms with Gasteiger partial charge in [-0.2, -0.15) is 5.10 Å². The second-order valence-electron chi connectivity index (χ2n) is 5.23. The summed E-state index contributed by atoms with van der Waals surface area (Å²) >= 11 is 1.37. The summed E-state index contributed by atoms with van der Waals surface area (Å²) in [7, 11) is 1.88. The molecule has 1 aliphatic heterocycles. The van der Waals surface area contributed by atoms with Gasteiger partial charge >= 0.3 is 0 Å². The Morgan fingerprint density at radius 3 is 3.10 bits per heavy atom. The normalized spacial score (nSPS) is 22.2. The van der Waals surface area contributed by atoms with Crippen LogP contribution in [-0.4, -0.2) is 33.3 Å². The number of thiazole rings is 1. The van der Waals surface area contributed by atoms with E-state index in [-0.39, 0.29) is 18.1 Å². The summed E-state index contributed by atoms with van der Waals surface area (Å²) in [6.07, 6.45) is 5.46. The van der Waals surface area contributed by atoms with E-state index in [0.29, 0.717) is 11.5 Å². The number of aromatic nitrogens is 3. The number of nitrogens with zero attached hydrogens (tertiary/aromatic N) is 3. The second-order valence-corrected chi connectivity index (χ2v) is 6.08. The molecule has 0 unspecified atom stereocenters. The first-order valence-corrected chi connectivity index (χ1v) is 7.84. The number of nitrogens with one attached hydrogen (secondary N) is 1. The zero-order chi connectivity index (χ0) is 14.8. The van der Waals surface area contributed by atoms with E-state index in [2.05, 4.69) is 15.4 Å². The number of rotatable bonds is 3. The van der Waals surface area contributed by atoms with Gasteiger partial charge in [0.2, 0.25) is 0 Å². The number of amides is 1. The molecule has 0 aliphatic carbocycles. The molecule has 1 fully saturated rings. The third kappa shape index (κ3) is 2.98. The topological polar surface area (TPSA) is 69.0 Å². The maximum atomic E-state index is 12.4. The van der Waals surface area contributed by atoms with Crippen molar-refractivity contribution in [1.82, 2.24) is 20.1 Å². The minimum absolute atomic E-state index is 0.0306. The summed E-state index contributed by atoms with van der Waals surface area (Å²) in [5.41, 5.74) is 3.47. The van der Waals surface area contributed by atoms with Crippen molar-refractivity contribution in [3.8, 4) is 0 Å². The van der Waals surface area contributed by atoms with E-state index in [9.17, 15) is 4.79 Å². The number of hydrogen-bond donors (Lipinski definition) is 1. The Kier molecular flexibility index (Phi) is 4.03. The lowest BCUT2D eigenvalue weighted by Gasteiger charge is -2.31. The minimum atomic E-state index is -0.135. The fraction of sp³-hybridized carbons (Fsp3) is 0.500. The van der Waals surface area contributed by atoms with Gasteiger partial charge < -0.3 is 10.1 Å². The van der Waals surface area contributed by atoms with Gasteiger partial charge in [0, 0.05) is 25.4 Å². The van der Waals surface area contributed by atoms with Gasteiger partial charge in [0.15, 0.2) is 0 Å². The summed E-state index contributed by atoms with van der Waals surface area (Å²) in [6.45, 7) is 2.56. The van der Waals surface area contributed by atoms with E-state index in [1.54, 1.807) is 16.4 Å². The Balaban J connectivity index is 1.76. The predicted octanol–water partition coefficient (Wildman–Crippen LogP) is 1.84. The predicted molar refractivity (Wildman–Crippen MR) is 79.2 cm³/mol. The van der Waals surface area contributed by atoms with E-state index in [4.69, 9.17) is 4.74 Å². The smallest absolute Gasteiger partial charge is 0.263 e. The van der Waals surface area contributed by atoms with Gasteiger partial charge in [0.1, 0.15) is 11.0 Å². The lowest BCUT2D eigenvalue weighted by atomic mass is 9.98. The minimum Gasteiger partial charge on any atom is -0.371 e. The Hall–Kier alpha value is -1.73. The molecule has 0 radical (unpaired) electrons. The van der Waals surface area contributed by atoms with Crippen LogP contribution in [0.2, 0.25) is 0 Å². The van der Waals surface area contributed by atoms with E-state index in [1.165, 1.54) is 11.3 Å². The van der Waals surface area contributed by atoms with E-state index < -0.39 is 0 Å². The fourth-order valence-corrected chi connectivity index (χ4v) is 3.30. The van der Waals surface area contributed by atoms with Crippen LogP contribution in [0.3, 0.4) is 0 Å². The molecule has 1 N–H and O–H groups in total. The molecule has 1 aliphatic rings. The molecule has 0 bridgehead atoms. The van der Waals surface area contributed by atoms with Crippen molar-refractivity contribution in [3.05, 3.63) is 34.0 Å². The molecule has 2 aromatic rings. The molecule has 6 nitrogen and oxygen atoms in total. The first-order valence-electron chi connectivity index (χ1n) is 6.96. The molecular weight excluding hydrogens is 288 g/mol. The highest BCUT2D eigenvalue weighted by Crippen LogP contribution is 2.28. The summed E-state index contributed by atoms with van der Waals surface area (Å²) in [5.74, 6) is -0.0700. The Morgan fingerprint density at radius 1 is 1.57 bits per heavy atom. The van der Waals surface area contributed by atoms with Gasteiger partial charge in [-0.1, -0.05) is 0 Å². The third-order valence-corrected chi connectivity index (χ3v) is 4.57. The van der Waals surface area contributed by atoms with Crippen LogP contribution in [0.1, 0.15) is 39.9 Å². The Morgan fingerprint density at radius 2 is 2.43 bits per heavy atom. The van der Waals surface area contributed by atoms with Gasteiger partial charge in [-0.05, 0) is 19.8 Å². The van der Waals surface area contributed by atoms with Gasteiger partial charge in [-0.25, -0.2) is 4.98 Å². The SMILES string of the molecule is Cc1ncsc1C(=O)N[C@H]1CCCO[C@@H]1c1cnn(C)c1. The molecular formula is C14H18N4O2S. The van der Waals surface area contributed by atoms with Crippen LogP contribution in [0.15, 0.2) is 17.9 Å². The van der Waals surface area contributed by atoms with Crippen molar-refractivity contribution < 1.29 is 9.53 Å². The van der Waals surface area contributed by atoms with Crippen LogP contribution in [0.25, 0.3) is 0 Å². The van der Waals surface area contributed by atoms with Crippen molar-refractivity contribution >= 4 is 17.2 Å². The molecule has 7 heteroatoms. The highest BCUT2D eigenvalue weighted by atomic mass is 32.1. The third-order valence-electron chi connectivity index (χ3n) is 3.64. The van der Waals surface area contributed by atoms with Crippen molar-refractivity contribution in [2.24, 2.45) is 7.05 Å². The van der Waals surface area contributed by atoms with Crippen LogP contribution in [0.4, 0.5) is 0 Å². The van der Waals surface area contributed by atoms with Crippen LogP contribution in [0.5, 0.6) is 0 Å². The van der Waals surface area contributed by atoms with Crippen molar-refractivity contribution in [3.63, 3.8) is 0 Å². The van der Waals surface area contributed by atoms with Crippen molar-refractivity contribution in [2.45, 2.75) is 31.9 Å². The summed E-state index contributed by atoms with van der Waals surface area (Å²) in [5, 5.41) is 7.27. The zero-order valence-electron chi connectivity index (χ0n) is 12.1. The second kappa shape index (κ2) is 5.95. The van der Waals surface area contributed by atoms with Crippen LogP contribution in [0, 0.1) is 6.92 Å². The number of carbonyl (C=O) groups excluding carboxylic acids is 1. The van der Waals surface area contributed by atoms with E-state index >= 15 is 0 Å². The summed E-state index contributed by atoms with van der Waals surface area (Å²) in [6, 6.07) is -0.0306. The number of hydrogen-bond acceptors (Lipinski definition) is 5. The number of carbonyl (C=O) groups is 1. The molecule has 3 rings (SSSR count). The Bertz CT molecular complexity index is 636. The molecule has 2 aromatic heterocycles. The standard InChI is InChI=1S/C14H18N4O2S/c1-9-13(21-8-15-9)14(19)17-11-4-3-5-20-12(11)10-6-16-18(2)7-10/h6-8,11-12H,3-5H2,1-2H3,(H,17,19)/t11-,12+/m0/s1. The highest BCUT2D eigenvalue weighted by Gasteiger charge is 2.30. The van der Waals surface area contributed by atoms with E-state index in [1.807, 2.05) is 20.2 Å². The molecule has 0 saturated carbocycles. The van der Waals surface area contributed by atoms with Gasteiger partial charge in [0.05, 0.1) is 23.4 Å². The quantitative estimate of drug-likeness (QED) is 0.939. The lowest BCUT2D eigenvalue weighted by Crippen LogP contribution is -2.42. The largest absolute Gasteiger partial charge is 0.371 e. The maximum Gasteiger partial charge on any atom is 0.263 e. The maximum absolute atomic E-state index is 12.4. The highest BCUT2D eigenvalue weighted by molar-refractivity contribution is 7.11.